The summed E-state index contributed by atoms with van der Waals surface area (Å²) in [5.41, 5.74) is 0.133. The third kappa shape index (κ3) is 8.66. The van der Waals surface area contributed by atoms with Gasteiger partial charge in [-0.1, -0.05) is 62.1 Å². The smallest absolute Gasteiger partial charge is 0.361 e. The van der Waals surface area contributed by atoms with Gasteiger partial charge in [-0.15, -0.1) is 6.42 Å². The fraction of sp³-hybridized carbons (Fsp3) is 0.267. The Morgan fingerprint density at radius 3 is 2.44 bits per heavy atom. The second-order valence-electron chi connectivity index (χ2n) is 9.27. The fourth-order valence-corrected chi connectivity index (χ4v) is 5.03. The normalized spacial score (nSPS) is 12.6. The van der Waals surface area contributed by atoms with E-state index in [1.54, 1.807) is 30.3 Å². The Hall–Kier alpha value is -4.17. The van der Waals surface area contributed by atoms with Crippen molar-refractivity contribution in [1.29, 1.82) is 0 Å². The summed E-state index contributed by atoms with van der Waals surface area (Å²) < 4.78 is 78.5. The number of amides is 1. The summed E-state index contributed by atoms with van der Waals surface area (Å²) in [6.07, 6.45) is 6.01. The number of carbonyl (C=O) groups excluding carboxylic acids is 1. The van der Waals surface area contributed by atoms with Crippen LogP contribution in [-0.2, 0) is 27.2 Å². The molecule has 0 bridgehead atoms. The molecule has 0 aliphatic heterocycles. The molecule has 0 aliphatic rings. The number of pyridine rings is 1. The molecule has 3 rings (SSSR count). The Labute approximate surface area is 236 Å². The molecule has 1 unspecified atom stereocenters. The molecule has 41 heavy (non-hydrogen) atoms. The molecule has 1 amide bonds. The molecule has 6 nitrogen and oxygen atoms in total. The van der Waals surface area contributed by atoms with E-state index >= 15 is 0 Å². The van der Waals surface area contributed by atoms with Crippen LogP contribution in [0.15, 0.2) is 65.6 Å². The zero-order valence-corrected chi connectivity index (χ0v) is 23.2. The third-order valence-electron chi connectivity index (χ3n) is 6.03. The number of nitrogens with zero attached hydrogens (tertiary/aromatic N) is 1. The van der Waals surface area contributed by atoms with Crippen LogP contribution in [0, 0.1) is 18.2 Å². The minimum absolute atomic E-state index is 0.117. The number of carbonyl (C=O) groups is 1. The van der Waals surface area contributed by atoms with Gasteiger partial charge in [0.15, 0.2) is 9.84 Å². The summed E-state index contributed by atoms with van der Waals surface area (Å²) in [6, 6.07) is 13.0. The standard InChI is InChI=1S/C30H29F4N3O3S/c1-4-6-8-13-25-21(14-16-26(36-25)30(32,33)34)15-17-27(38)37-29(22-11-9-7-10-12-22)35-23-18-20(5-2)28(24(31)19-23)41(3,39)40/h2,7,9-12,14-19,29,35H,4,6,8,13H2,1,3H3,(H,37,38). The number of anilines is 1. The van der Waals surface area contributed by atoms with E-state index in [1.807, 2.05) is 6.92 Å². The number of halogens is 4. The SMILES string of the molecule is C#Cc1cc(NC(NC(=O)C=Cc2ccc(C(F)(F)F)nc2CCCCC)c2ccccc2)cc(F)c1S(C)(=O)=O. The summed E-state index contributed by atoms with van der Waals surface area (Å²) in [4.78, 5) is 16.1. The van der Waals surface area contributed by atoms with E-state index in [-0.39, 0.29) is 16.9 Å². The van der Waals surface area contributed by atoms with Crippen LogP contribution in [0.3, 0.4) is 0 Å². The van der Waals surface area contributed by atoms with E-state index in [0.29, 0.717) is 24.0 Å². The molecule has 0 spiro atoms. The van der Waals surface area contributed by atoms with Crippen LogP contribution in [0.2, 0.25) is 0 Å². The van der Waals surface area contributed by atoms with Gasteiger partial charge in [-0.2, -0.15) is 13.2 Å². The van der Waals surface area contributed by atoms with Crippen molar-refractivity contribution in [3.05, 3.63) is 94.6 Å². The molecule has 3 aromatic rings. The van der Waals surface area contributed by atoms with Gasteiger partial charge in [-0.25, -0.2) is 17.8 Å². The summed E-state index contributed by atoms with van der Waals surface area (Å²) in [7, 11) is -3.94. The van der Waals surface area contributed by atoms with Crippen molar-refractivity contribution in [1.82, 2.24) is 10.3 Å². The minimum Gasteiger partial charge on any atom is -0.361 e. The van der Waals surface area contributed by atoms with Crippen molar-refractivity contribution in [2.75, 3.05) is 11.6 Å². The van der Waals surface area contributed by atoms with Crippen LogP contribution >= 0.6 is 0 Å². The van der Waals surface area contributed by atoms with E-state index in [2.05, 4.69) is 21.5 Å². The van der Waals surface area contributed by atoms with Gasteiger partial charge in [0.05, 0.1) is 0 Å². The molecule has 1 atom stereocenters. The molecule has 1 aromatic heterocycles. The highest BCUT2D eigenvalue weighted by Crippen LogP contribution is 2.29. The Balaban J connectivity index is 1.89. The lowest BCUT2D eigenvalue weighted by molar-refractivity contribution is -0.141. The number of terminal acetylenes is 1. The van der Waals surface area contributed by atoms with Gasteiger partial charge in [-0.3, -0.25) is 4.79 Å². The quantitative estimate of drug-likeness (QED) is 0.0905. The van der Waals surface area contributed by atoms with Gasteiger partial charge >= 0.3 is 6.18 Å². The van der Waals surface area contributed by atoms with Gasteiger partial charge in [-0.05, 0) is 48.2 Å². The number of hydrogen-bond donors (Lipinski definition) is 2. The van der Waals surface area contributed by atoms with Crippen LogP contribution in [0.1, 0.15) is 60.4 Å². The first kappa shape index (κ1) is 31.4. The number of nitrogens with one attached hydrogen (secondary N) is 2. The number of benzene rings is 2. The van der Waals surface area contributed by atoms with Gasteiger partial charge in [0.1, 0.15) is 22.6 Å². The van der Waals surface area contributed by atoms with Crippen molar-refractivity contribution in [3.63, 3.8) is 0 Å². The number of rotatable bonds is 11. The lowest BCUT2D eigenvalue weighted by Crippen LogP contribution is -2.32. The number of alkyl halides is 3. The summed E-state index contributed by atoms with van der Waals surface area (Å²) in [5, 5.41) is 5.69. The lowest BCUT2D eigenvalue weighted by atomic mass is 10.1. The van der Waals surface area contributed by atoms with E-state index in [1.165, 1.54) is 24.3 Å². The van der Waals surface area contributed by atoms with Gasteiger partial charge in [0.25, 0.3) is 0 Å². The average molecular weight is 588 g/mol. The summed E-state index contributed by atoms with van der Waals surface area (Å²) >= 11 is 0. The summed E-state index contributed by atoms with van der Waals surface area (Å²) in [5.74, 6) is 0.530. The van der Waals surface area contributed by atoms with Crippen molar-refractivity contribution in [2.45, 2.75) is 49.8 Å². The molecule has 216 valence electrons. The van der Waals surface area contributed by atoms with Crippen molar-refractivity contribution >= 4 is 27.5 Å². The van der Waals surface area contributed by atoms with E-state index in [9.17, 15) is 30.8 Å². The van der Waals surface area contributed by atoms with E-state index in [0.717, 1.165) is 31.2 Å². The molecule has 0 fully saturated rings. The largest absolute Gasteiger partial charge is 0.433 e. The summed E-state index contributed by atoms with van der Waals surface area (Å²) in [6.45, 7) is 1.98. The van der Waals surface area contributed by atoms with Gasteiger partial charge < -0.3 is 10.6 Å². The Morgan fingerprint density at radius 1 is 1.12 bits per heavy atom. The third-order valence-corrected chi connectivity index (χ3v) is 7.19. The molecule has 1 heterocycles. The topological polar surface area (TPSA) is 88.2 Å². The van der Waals surface area contributed by atoms with Crippen molar-refractivity contribution in [3.8, 4) is 12.3 Å². The Bertz CT molecular complexity index is 1560. The monoisotopic (exact) mass is 587 g/mol. The van der Waals surface area contributed by atoms with Crippen LogP contribution in [0.5, 0.6) is 0 Å². The highest BCUT2D eigenvalue weighted by Gasteiger charge is 2.32. The minimum atomic E-state index is -4.59. The molecular formula is C30H29F4N3O3S. The predicted molar refractivity (Wildman–Crippen MR) is 150 cm³/mol. The van der Waals surface area contributed by atoms with Gasteiger partial charge in [0.2, 0.25) is 5.91 Å². The van der Waals surface area contributed by atoms with Crippen LogP contribution in [-0.4, -0.2) is 25.6 Å². The Morgan fingerprint density at radius 2 is 1.83 bits per heavy atom. The number of sulfone groups is 1. The van der Waals surface area contributed by atoms with Crippen molar-refractivity contribution < 1.29 is 30.8 Å². The molecular weight excluding hydrogens is 558 g/mol. The highest BCUT2D eigenvalue weighted by atomic mass is 32.2. The molecule has 11 heteroatoms. The molecule has 0 radical (unpaired) electrons. The molecule has 2 N–H and O–H groups in total. The second kappa shape index (κ2) is 13.5. The van der Waals surface area contributed by atoms with Crippen LogP contribution in [0.4, 0.5) is 23.2 Å². The maximum atomic E-state index is 14.8. The van der Waals surface area contributed by atoms with Gasteiger partial charge in [0, 0.05) is 29.3 Å². The highest BCUT2D eigenvalue weighted by molar-refractivity contribution is 7.90. The van der Waals surface area contributed by atoms with Crippen LogP contribution < -0.4 is 10.6 Å². The number of aromatic nitrogens is 1. The molecule has 0 aliphatic carbocycles. The number of unbranched alkanes of at least 4 members (excludes halogenated alkanes) is 2. The Kier molecular flexibility index (Phi) is 10.3. The number of hydrogen-bond acceptors (Lipinski definition) is 5. The first-order valence-corrected chi connectivity index (χ1v) is 14.6. The first-order valence-electron chi connectivity index (χ1n) is 12.7. The first-order chi connectivity index (χ1) is 19.3. The predicted octanol–water partition coefficient (Wildman–Crippen LogP) is 6.30. The van der Waals surface area contributed by atoms with E-state index < -0.39 is 44.5 Å². The lowest BCUT2D eigenvalue weighted by Gasteiger charge is -2.22. The van der Waals surface area contributed by atoms with E-state index in [4.69, 9.17) is 6.42 Å². The number of aryl methyl sites for hydroxylation is 1. The fourth-order valence-electron chi connectivity index (χ4n) is 4.10. The zero-order valence-electron chi connectivity index (χ0n) is 22.4. The van der Waals surface area contributed by atoms with Crippen molar-refractivity contribution in [2.24, 2.45) is 0 Å². The maximum absolute atomic E-state index is 14.8. The molecule has 0 saturated carbocycles. The maximum Gasteiger partial charge on any atom is 0.433 e. The molecule has 2 aromatic carbocycles. The average Bonchev–Trinajstić information content (AvgIpc) is 2.90. The zero-order chi connectivity index (χ0) is 30.2. The van der Waals surface area contributed by atoms with Crippen LogP contribution in [0.25, 0.3) is 6.08 Å². The second-order valence-corrected chi connectivity index (χ2v) is 11.2. The molecule has 0 saturated heterocycles.